The van der Waals surface area contributed by atoms with Gasteiger partial charge in [0.25, 0.3) is 10.0 Å². The van der Waals surface area contributed by atoms with E-state index in [0.717, 1.165) is 40.3 Å². The number of fused-ring (bicyclic) bond motifs is 7. The van der Waals surface area contributed by atoms with Crippen molar-refractivity contribution >= 4 is 44.2 Å². The van der Waals surface area contributed by atoms with E-state index in [2.05, 4.69) is 16.9 Å². The molecule has 156 valence electrons. The maximum Gasteiger partial charge on any atom is 0.268 e. The lowest BCUT2D eigenvalue weighted by molar-refractivity contribution is 0.503. The van der Waals surface area contributed by atoms with Crippen molar-refractivity contribution < 1.29 is 8.42 Å². The standard InChI is InChI=1S/C23H23N3O2S.ClH/c1-14-11-15-5-3-4-6-20(15)26(14)29(27,28)17-8-10-21-18(13-17)23-19-9-7-16(24-19)12-22(23)25(21)2;/h3-6,8,10-11,13,16,19,24H,7,9,12H2,1-2H3;1H. The van der Waals surface area contributed by atoms with E-state index in [1.807, 2.05) is 49.4 Å². The molecule has 7 heteroatoms. The number of hydrogen-bond acceptors (Lipinski definition) is 3. The maximum atomic E-state index is 13.6. The third-order valence-corrected chi connectivity index (χ3v) is 8.56. The van der Waals surface area contributed by atoms with Gasteiger partial charge in [-0.15, -0.1) is 12.4 Å². The number of para-hydroxylation sites is 1. The van der Waals surface area contributed by atoms with Crippen LogP contribution in [0.1, 0.15) is 35.8 Å². The zero-order valence-corrected chi connectivity index (χ0v) is 18.6. The Labute approximate surface area is 182 Å². The Hall–Kier alpha value is -2.28. The zero-order chi connectivity index (χ0) is 19.9. The van der Waals surface area contributed by atoms with Crippen LogP contribution in [0.15, 0.2) is 53.4 Å². The summed E-state index contributed by atoms with van der Waals surface area (Å²) >= 11 is 0. The van der Waals surface area contributed by atoms with Gasteiger partial charge in [0.05, 0.1) is 10.4 Å². The highest BCUT2D eigenvalue weighted by atomic mass is 35.5. The molecule has 1 fully saturated rings. The molecule has 4 aromatic rings. The molecule has 2 atom stereocenters. The normalized spacial score (nSPS) is 20.5. The number of nitrogens with one attached hydrogen (secondary N) is 1. The van der Waals surface area contributed by atoms with Crippen LogP contribution in [0.3, 0.4) is 0 Å². The quantitative estimate of drug-likeness (QED) is 0.500. The van der Waals surface area contributed by atoms with Gasteiger partial charge in [0.15, 0.2) is 0 Å². The molecule has 0 aliphatic carbocycles. The predicted octanol–water partition coefficient (Wildman–Crippen LogP) is 4.45. The van der Waals surface area contributed by atoms with Crippen LogP contribution in [0.5, 0.6) is 0 Å². The topological polar surface area (TPSA) is 56.0 Å². The minimum Gasteiger partial charge on any atom is -0.347 e. The van der Waals surface area contributed by atoms with E-state index in [1.165, 1.54) is 21.7 Å². The summed E-state index contributed by atoms with van der Waals surface area (Å²) in [5.41, 5.74) is 5.20. The molecule has 0 amide bonds. The number of hydrogen-bond donors (Lipinski definition) is 1. The van der Waals surface area contributed by atoms with Crippen molar-refractivity contribution in [2.24, 2.45) is 7.05 Å². The van der Waals surface area contributed by atoms with E-state index in [1.54, 1.807) is 6.07 Å². The molecule has 2 aromatic heterocycles. The van der Waals surface area contributed by atoms with Crippen molar-refractivity contribution in [1.29, 1.82) is 0 Å². The highest BCUT2D eigenvalue weighted by Gasteiger charge is 2.36. The third kappa shape index (κ3) is 2.54. The summed E-state index contributed by atoms with van der Waals surface area (Å²) in [5, 5.41) is 5.71. The average Bonchev–Trinajstić information content (AvgIpc) is 3.34. The van der Waals surface area contributed by atoms with Gasteiger partial charge < -0.3 is 9.88 Å². The molecule has 2 bridgehead atoms. The van der Waals surface area contributed by atoms with Crippen molar-refractivity contribution in [3.05, 3.63) is 65.5 Å². The van der Waals surface area contributed by atoms with Crippen LogP contribution >= 0.6 is 12.4 Å². The molecule has 0 saturated carbocycles. The fourth-order valence-electron chi connectivity index (χ4n) is 5.43. The van der Waals surface area contributed by atoms with Crippen LogP contribution < -0.4 is 5.32 Å². The Morgan fingerprint density at radius 2 is 1.83 bits per heavy atom. The van der Waals surface area contributed by atoms with Gasteiger partial charge in [0, 0.05) is 53.2 Å². The lowest BCUT2D eigenvalue weighted by atomic mass is 9.99. The monoisotopic (exact) mass is 441 g/mol. The number of nitrogens with zero attached hydrogens (tertiary/aromatic N) is 2. The lowest BCUT2D eigenvalue weighted by Crippen LogP contribution is -2.32. The van der Waals surface area contributed by atoms with E-state index in [9.17, 15) is 8.42 Å². The highest BCUT2D eigenvalue weighted by molar-refractivity contribution is 7.90. The average molecular weight is 442 g/mol. The molecule has 2 aromatic carbocycles. The first-order valence-corrected chi connectivity index (χ1v) is 11.6. The molecule has 6 rings (SSSR count). The number of benzene rings is 2. The minimum atomic E-state index is -3.69. The molecule has 2 unspecified atom stereocenters. The van der Waals surface area contributed by atoms with Gasteiger partial charge in [-0.05, 0) is 55.7 Å². The van der Waals surface area contributed by atoms with Gasteiger partial charge in [0.1, 0.15) is 0 Å². The Bertz CT molecular complexity index is 1420. The Kier molecular flexibility index (Phi) is 4.33. The van der Waals surface area contributed by atoms with Gasteiger partial charge in [-0.3, -0.25) is 0 Å². The van der Waals surface area contributed by atoms with E-state index in [-0.39, 0.29) is 12.4 Å². The fraction of sp³-hybridized carbons (Fsp3) is 0.304. The van der Waals surface area contributed by atoms with Crippen molar-refractivity contribution in [2.45, 2.75) is 43.2 Å². The van der Waals surface area contributed by atoms with Crippen LogP contribution in [0.25, 0.3) is 21.8 Å². The SMILES string of the molecule is Cc1cc2ccccc2n1S(=O)(=O)c1ccc2c(c1)c1c(n2C)CC2CCC1N2.Cl. The third-order valence-electron chi connectivity index (χ3n) is 6.74. The fourth-order valence-corrected chi connectivity index (χ4v) is 7.01. The van der Waals surface area contributed by atoms with Gasteiger partial charge in [0.2, 0.25) is 0 Å². The molecule has 1 saturated heterocycles. The number of rotatable bonds is 2. The van der Waals surface area contributed by atoms with Crippen molar-refractivity contribution in [1.82, 2.24) is 13.9 Å². The predicted molar refractivity (Wildman–Crippen MR) is 122 cm³/mol. The number of aryl methyl sites for hydroxylation is 2. The first kappa shape index (κ1) is 19.7. The molecule has 2 aliphatic rings. The Morgan fingerprint density at radius 3 is 2.67 bits per heavy atom. The largest absolute Gasteiger partial charge is 0.347 e. The molecular weight excluding hydrogens is 418 g/mol. The van der Waals surface area contributed by atoms with Crippen LogP contribution in [0.2, 0.25) is 0 Å². The summed E-state index contributed by atoms with van der Waals surface area (Å²) in [6.07, 6.45) is 3.32. The number of aromatic nitrogens is 2. The first-order chi connectivity index (χ1) is 13.9. The van der Waals surface area contributed by atoms with E-state index < -0.39 is 10.0 Å². The summed E-state index contributed by atoms with van der Waals surface area (Å²) < 4.78 is 31.0. The van der Waals surface area contributed by atoms with Crippen LogP contribution in [-0.4, -0.2) is 23.0 Å². The van der Waals surface area contributed by atoms with Crippen LogP contribution in [0.4, 0.5) is 0 Å². The molecule has 4 heterocycles. The summed E-state index contributed by atoms with van der Waals surface area (Å²) in [6, 6.07) is 16.1. The smallest absolute Gasteiger partial charge is 0.268 e. The van der Waals surface area contributed by atoms with E-state index >= 15 is 0 Å². The molecule has 5 nitrogen and oxygen atoms in total. The van der Waals surface area contributed by atoms with Crippen molar-refractivity contribution in [3.8, 4) is 0 Å². The second kappa shape index (κ2) is 6.61. The van der Waals surface area contributed by atoms with Gasteiger partial charge in [-0.25, -0.2) is 12.4 Å². The molecule has 30 heavy (non-hydrogen) atoms. The second-order valence-electron chi connectivity index (χ2n) is 8.41. The molecule has 2 aliphatic heterocycles. The van der Waals surface area contributed by atoms with E-state index in [4.69, 9.17) is 0 Å². The maximum absolute atomic E-state index is 13.6. The molecule has 1 N–H and O–H groups in total. The Balaban J connectivity index is 0.00000193. The lowest BCUT2D eigenvalue weighted by Gasteiger charge is -2.23. The molecule has 0 spiro atoms. The highest BCUT2D eigenvalue weighted by Crippen LogP contribution is 2.42. The van der Waals surface area contributed by atoms with Crippen LogP contribution in [0, 0.1) is 6.92 Å². The summed E-state index contributed by atoms with van der Waals surface area (Å²) in [5.74, 6) is 0. The minimum absolute atomic E-state index is 0. The second-order valence-corrected chi connectivity index (χ2v) is 10.2. The van der Waals surface area contributed by atoms with Gasteiger partial charge in [-0.1, -0.05) is 18.2 Å². The first-order valence-electron chi connectivity index (χ1n) is 10.1. The zero-order valence-electron chi connectivity index (χ0n) is 16.9. The van der Waals surface area contributed by atoms with E-state index in [0.29, 0.717) is 17.0 Å². The van der Waals surface area contributed by atoms with Crippen molar-refractivity contribution in [2.75, 3.05) is 0 Å². The van der Waals surface area contributed by atoms with Crippen molar-refractivity contribution in [3.63, 3.8) is 0 Å². The van der Waals surface area contributed by atoms with Crippen LogP contribution in [-0.2, 0) is 23.5 Å². The summed E-state index contributed by atoms with van der Waals surface area (Å²) in [4.78, 5) is 0.350. The Morgan fingerprint density at radius 1 is 1.03 bits per heavy atom. The van der Waals surface area contributed by atoms with Gasteiger partial charge >= 0.3 is 0 Å². The molecular formula is C23H24ClN3O2S. The summed E-state index contributed by atoms with van der Waals surface area (Å²) in [7, 11) is -1.59. The summed E-state index contributed by atoms with van der Waals surface area (Å²) in [6.45, 7) is 1.85. The molecule has 0 radical (unpaired) electrons. The van der Waals surface area contributed by atoms with Gasteiger partial charge in [-0.2, -0.15) is 0 Å². The number of halogens is 1.